The van der Waals surface area contributed by atoms with Crippen LogP contribution in [0.3, 0.4) is 0 Å². The first-order valence-electron chi connectivity index (χ1n) is 6.20. The highest BCUT2D eigenvalue weighted by Crippen LogP contribution is 2.33. The standard InChI is InChI=1S/C14H18O4/c1-9(14(15)16)3-4-11-8-13-12(7-10(11)2)17-5-6-18-13/h7-9H,3-6H2,1-2H3,(H,15,16). The summed E-state index contributed by atoms with van der Waals surface area (Å²) < 4.78 is 11.0. The lowest BCUT2D eigenvalue weighted by Gasteiger charge is -2.20. The molecule has 1 heterocycles. The van der Waals surface area contributed by atoms with Gasteiger partial charge in [-0.15, -0.1) is 0 Å². The van der Waals surface area contributed by atoms with Crippen LogP contribution in [0.15, 0.2) is 12.1 Å². The molecular formula is C14H18O4. The molecule has 1 aromatic rings. The van der Waals surface area contributed by atoms with E-state index in [1.807, 2.05) is 19.1 Å². The van der Waals surface area contributed by atoms with Gasteiger partial charge in [-0.2, -0.15) is 0 Å². The minimum atomic E-state index is -0.745. The maximum absolute atomic E-state index is 10.8. The lowest BCUT2D eigenvalue weighted by molar-refractivity contribution is -0.141. The minimum absolute atomic E-state index is 0.322. The second-order valence-corrected chi connectivity index (χ2v) is 4.70. The van der Waals surface area contributed by atoms with Crippen LogP contribution in [0.25, 0.3) is 0 Å². The van der Waals surface area contributed by atoms with Crippen molar-refractivity contribution in [2.45, 2.75) is 26.7 Å². The number of hydrogen-bond acceptors (Lipinski definition) is 3. The van der Waals surface area contributed by atoms with Crippen molar-refractivity contribution in [2.75, 3.05) is 13.2 Å². The molecule has 0 aliphatic carbocycles. The molecule has 98 valence electrons. The van der Waals surface area contributed by atoms with Gasteiger partial charge in [0, 0.05) is 0 Å². The van der Waals surface area contributed by atoms with Crippen molar-refractivity contribution in [3.63, 3.8) is 0 Å². The number of aryl methyl sites for hydroxylation is 2. The van der Waals surface area contributed by atoms with Gasteiger partial charge in [-0.1, -0.05) is 6.92 Å². The summed E-state index contributed by atoms with van der Waals surface area (Å²) in [5.41, 5.74) is 2.25. The topological polar surface area (TPSA) is 55.8 Å². The van der Waals surface area contributed by atoms with Crippen LogP contribution >= 0.6 is 0 Å². The molecule has 1 unspecified atom stereocenters. The monoisotopic (exact) mass is 250 g/mol. The van der Waals surface area contributed by atoms with Gasteiger partial charge < -0.3 is 14.6 Å². The second-order valence-electron chi connectivity index (χ2n) is 4.70. The Bertz CT molecular complexity index is 453. The molecule has 4 nitrogen and oxygen atoms in total. The summed E-state index contributed by atoms with van der Waals surface area (Å²) in [6.45, 7) is 4.90. The van der Waals surface area contributed by atoms with Gasteiger partial charge >= 0.3 is 5.97 Å². The molecule has 2 rings (SSSR count). The highest BCUT2D eigenvalue weighted by molar-refractivity contribution is 5.69. The third-order valence-electron chi connectivity index (χ3n) is 3.27. The second kappa shape index (κ2) is 5.29. The lowest BCUT2D eigenvalue weighted by atomic mass is 9.97. The van der Waals surface area contributed by atoms with Gasteiger partial charge in [0.2, 0.25) is 0 Å². The minimum Gasteiger partial charge on any atom is -0.486 e. The maximum atomic E-state index is 10.8. The van der Waals surface area contributed by atoms with E-state index in [0.717, 1.165) is 29.0 Å². The molecular weight excluding hydrogens is 232 g/mol. The molecule has 1 aliphatic heterocycles. The Morgan fingerprint density at radius 1 is 1.33 bits per heavy atom. The van der Waals surface area contributed by atoms with Gasteiger partial charge in [0.05, 0.1) is 5.92 Å². The van der Waals surface area contributed by atoms with Crippen LogP contribution in [-0.2, 0) is 11.2 Å². The molecule has 0 aromatic heterocycles. The van der Waals surface area contributed by atoms with Crippen molar-refractivity contribution < 1.29 is 19.4 Å². The van der Waals surface area contributed by atoms with Gasteiger partial charge in [-0.3, -0.25) is 4.79 Å². The van der Waals surface area contributed by atoms with Crippen molar-refractivity contribution in [1.29, 1.82) is 0 Å². The molecule has 1 aliphatic rings. The van der Waals surface area contributed by atoms with Crippen LogP contribution in [0, 0.1) is 12.8 Å². The SMILES string of the molecule is Cc1cc2c(cc1CCC(C)C(=O)O)OCCO2. The van der Waals surface area contributed by atoms with E-state index in [-0.39, 0.29) is 5.92 Å². The van der Waals surface area contributed by atoms with Crippen molar-refractivity contribution in [3.8, 4) is 11.5 Å². The van der Waals surface area contributed by atoms with Crippen molar-refractivity contribution in [1.82, 2.24) is 0 Å². The van der Waals surface area contributed by atoms with Gasteiger partial charge in [-0.25, -0.2) is 0 Å². The molecule has 1 aromatic carbocycles. The molecule has 0 fully saturated rings. The van der Waals surface area contributed by atoms with E-state index in [0.29, 0.717) is 19.6 Å². The Morgan fingerprint density at radius 2 is 1.94 bits per heavy atom. The van der Waals surface area contributed by atoms with E-state index < -0.39 is 5.97 Å². The summed E-state index contributed by atoms with van der Waals surface area (Å²) in [5, 5.41) is 8.88. The van der Waals surface area contributed by atoms with Crippen LogP contribution in [0.1, 0.15) is 24.5 Å². The first-order valence-corrected chi connectivity index (χ1v) is 6.20. The van der Waals surface area contributed by atoms with E-state index in [4.69, 9.17) is 14.6 Å². The van der Waals surface area contributed by atoms with E-state index in [1.165, 1.54) is 0 Å². The predicted molar refractivity (Wildman–Crippen MR) is 67.3 cm³/mol. The number of ether oxygens (including phenoxy) is 2. The summed E-state index contributed by atoms with van der Waals surface area (Å²) in [7, 11) is 0. The smallest absolute Gasteiger partial charge is 0.306 e. The average molecular weight is 250 g/mol. The fraction of sp³-hybridized carbons (Fsp3) is 0.500. The first-order chi connectivity index (χ1) is 8.58. The zero-order chi connectivity index (χ0) is 13.1. The molecule has 0 radical (unpaired) electrons. The predicted octanol–water partition coefficient (Wildman–Crippen LogP) is 2.42. The largest absolute Gasteiger partial charge is 0.486 e. The number of aliphatic carboxylic acids is 1. The molecule has 0 saturated heterocycles. The number of hydrogen-bond donors (Lipinski definition) is 1. The Morgan fingerprint density at radius 3 is 2.56 bits per heavy atom. The zero-order valence-corrected chi connectivity index (χ0v) is 10.7. The van der Waals surface area contributed by atoms with Gasteiger partial charge in [0.25, 0.3) is 0 Å². The molecule has 0 amide bonds. The van der Waals surface area contributed by atoms with Crippen LogP contribution in [-0.4, -0.2) is 24.3 Å². The van der Waals surface area contributed by atoms with Crippen LogP contribution in [0.2, 0.25) is 0 Å². The fourth-order valence-corrected chi connectivity index (χ4v) is 2.00. The summed E-state index contributed by atoms with van der Waals surface area (Å²) in [4.78, 5) is 10.8. The summed E-state index contributed by atoms with van der Waals surface area (Å²) in [5.74, 6) is 0.487. The summed E-state index contributed by atoms with van der Waals surface area (Å²) in [6, 6.07) is 3.94. The first kappa shape index (κ1) is 12.7. The lowest BCUT2D eigenvalue weighted by Crippen LogP contribution is -2.16. The Kier molecular flexibility index (Phi) is 3.75. The quantitative estimate of drug-likeness (QED) is 0.891. The average Bonchev–Trinajstić information content (AvgIpc) is 2.35. The zero-order valence-electron chi connectivity index (χ0n) is 10.7. The van der Waals surface area contributed by atoms with Gasteiger partial charge in [0.15, 0.2) is 11.5 Å². The number of carboxylic acids is 1. The van der Waals surface area contributed by atoms with Crippen molar-refractivity contribution in [2.24, 2.45) is 5.92 Å². The van der Waals surface area contributed by atoms with E-state index in [1.54, 1.807) is 6.92 Å². The normalized spacial score (nSPS) is 15.2. The molecule has 1 N–H and O–H groups in total. The molecule has 4 heteroatoms. The number of benzene rings is 1. The van der Waals surface area contributed by atoms with Crippen LogP contribution in [0.4, 0.5) is 0 Å². The molecule has 0 saturated carbocycles. The number of rotatable bonds is 4. The van der Waals surface area contributed by atoms with Crippen molar-refractivity contribution in [3.05, 3.63) is 23.3 Å². The van der Waals surface area contributed by atoms with Gasteiger partial charge in [0.1, 0.15) is 13.2 Å². The highest BCUT2D eigenvalue weighted by Gasteiger charge is 2.16. The summed E-state index contributed by atoms with van der Waals surface area (Å²) >= 11 is 0. The van der Waals surface area contributed by atoms with E-state index >= 15 is 0 Å². The summed E-state index contributed by atoms with van der Waals surface area (Å²) in [6.07, 6.45) is 1.38. The van der Waals surface area contributed by atoms with Crippen LogP contribution in [0.5, 0.6) is 11.5 Å². The molecule has 18 heavy (non-hydrogen) atoms. The number of fused-ring (bicyclic) bond motifs is 1. The van der Waals surface area contributed by atoms with E-state index in [9.17, 15) is 4.79 Å². The molecule has 0 spiro atoms. The molecule has 0 bridgehead atoms. The number of carboxylic acid groups (broad SMARTS) is 1. The van der Waals surface area contributed by atoms with Crippen molar-refractivity contribution >= 4 is 5.97 Å². The van der Waals surface area contributed by atoms with Gasteiger partial charge in [-0.05, 0) is 43.0 Å². The van der Waals surface area contributed by atoms with Crippen LogP contribution < -0.4 is 9.47 Å². The Hall–Kier alpha value is -1.71. The molecule has 1 atom stereocenters. The third-order valence-corrected chi connectivity index (χ3v) is 3.27. The number of carbonyl (C=O) groups is 1. The van der Waals surface area contributed by atoms with E-state index in [2.05, 4.69) is 0 Å². The third kappa shape index (κ3) is 2.75. The fourth-order valence-electron chi connectivity index (χ4n) is 2.00. The maximum Gasteiger partial charge on any atom is 0.306 e. The Labute approximate surface area is 107 Å². The Balaban J connectivity index is 2.11. The highest BCUT2D eigenvalue weighted by atomic mass is 16.6.